The largest absolute Gasteiger partial charge is 0.492 e. The van der Waals surface area contributed by atoms with Crippen LogP contribution >= 0.6 is 0 Å². The molecule has 0 radical (unpaired) electrons. The fraction of sp³-hybridized carbons (Fsp3) is 0.400. The number of fused-ring (bicyclic) bond motifs is 1. The highest BCUT2D eigenvalue weighted by Crippen LogP contribution is 2.27. The van der Waals surface area contributed by atoms with E-state index in [0.717, 1.165) is 28.8 Å². The second-order valence-corrected chi connectivity index (χ2v) is 4.69. The summed E-state index contributed by atoms with van der Waals surface area (Å²) in [5, 5.41) is 1.14. The van der Waals surface area contributed by atoms with E-state index in [-0.39, 0.29) is 6.04 Å². The summed E-state index contributed by atoms with van der Waals surface area (Å²) in [5.41, 5.74) is 9.10. The van der Waals surface area contributed by atoms with Gasteiger partial charge >= 0.3 is 0 Å². The average molecular weight is 244 g/mol. The van der Waals surface area contributed by atoms with E-state index in [0.29, 0.717) is 6.61 Å². The lowest BCUT2D eigenvalue weighted by atomic mass is 10.0. The molecule has 2 N–H and O–H groups in total. The lowest BCUT2D eigenvalue weighted by molar-refractivity contribution is 0.343. The van der Waals surface area contributed by atoms with Gasteiger partial charge in [-0.3, -0.25) is 0 Å². The van der Waals surface area contributed by atoms with Crippen LogP contribution in [-0.4, -0.2) is 17.6 Å². The molecule has 0 saturated heterocycles. The van der Waals surface area contributed by atoms with Crippen LogP contribution in [0.1, 0.15) is 25.1 Å². The summed E-state index contributed by atoms with van der Waals surface area (Å²) in [6.07, 6.45) is 0.857. The van der Waals surface area contributed by atoms with E-state index in [1.807, 2.05) is 32.9 Å². The number of hydrogen-bond donors (Lipinski definition) is 1. The van der Waals surface area contributed by atoms with Gasteiger partial charge in [0.05, 0.1) is 6.61 Å². The van der Waals surface area contributed by atoms with E-state index in [9.17, 15) is 0 Å². The number of nitrogens with zero attached hydrogens (tertiary/aromatic N) is 1. The van der Waals surface area contributed by atoms with E-state index in [2.05, 4.69) is 17.1 Å². The average Bonchev–Trinajstić information content (AvgIpc) is 2.29. The van der Waals surface area contributed by atoms with Gasteiger partial charge in [-0.1, -0.05) is 12.1 Å². The fourth-order valence-corrected chi connectivity index (χ4v) is 2.22. The first-order chi connectivity index (χ1) is 8.61. The molecule has 0 aliphatic rings. The van der Waals surface area contributed by atoms with Crippen LogP contribution in [-0.2, 0) is 6.42 Å². The van der Waals surface area contributed by atoms with Crippen molar-refractivity contribution in [2.24, 2.45) is 5.73 Å². The van der Waals surface area contributed by atoms with Crippen molar-refractivity contribution in [1.29, 1.82) is 0 Å². The molecular formula is C15H20N2O. The maximum Gasteiger partial charge on any atom is 0.145 e. The number of para-hydroxylation sites is 1. The van der Waals surface area contributed by atoms with Crippen LogP contribution in [0, 0.1) is 6.92 Å². The van der Waals surface area contributed by atoms with Gasteiger partial charge in [0.1, 0.15) is 11.3 Å². The van der Waals surface area contributed by atoms with Crippen molar-refractivity contribution in [2.45, 2.75) is 33.2 Å². The summed E-state index contributed by atoms with van der Waals surface area (Å²) >= 11 is 0. The van der Waals surface area contributed by atoms with Crippen molar-refractivity contribution in [3.63, 3.8) is 0 Å². The standard InChI is InChI=1S/C15H20N2O/c1-4-18-14-7-5-6-13-12(8-10(2)16)9-11(3)17-15(13)14/h5-7,9-10H,4,8,16H2,1-3H3. The predicted octanol–water partition coefficient (Wildman–Crippen LogP) is 2.83. The van der Waals surface area contributed by atoms with Gasteiger partial charge in [-0.25, -0.2) is 4.98 Å². The topological polar surface area (TPSA) is 48.1 Å². The molecule has 1 heterocycles. The first kappa shape index (κ1) is 12.8. The maximum absolute atomic E-state index is 5.91. The van der Waals surface area contributed by atoms with Gasteiger partial charge in [-0.2, -0.15) is 0 Å². The number of aryl methyl sites for hydroxylation is 1. The fourth-order valence-electron chi connectivity index (χ4n) is 2.22. The Bertz CT molecular complexity index is 549. The molecule has 96 valence electrons. The zero-order valence-electron chi connectivity index (χ0n) is 11.2. The molecule has 1 aromatic heterocycles. The number of hydrogen-bond acceptors (Lipinski definition) is 3. The number of pyridine rings is 1. The van der Waals surface area contributed by atoms with Crippen molar-refractivity contribution in [3.05, 3.63) is 35.5 Å². The van der Waals surface area contributed by atoms with Crippen molar-refractivity contribution >= 4 is 10.9 Å². The van der Waals surface area contributed by atoms with Gasteiger partial charge in [-0.15, -0.1) is 0 Å². The number of aromatic nitrogens is 1. The highest BCUT2D eigenvalue weighted by atomic mass is 16.5. The Kier molecular flexibility index (Phi) is 3.82. The lowest BCUT2D eigenvalue weighted by Crippen LogP contribution is -2.18. The van der Waals surface area contributed by atoms with Crippen LogP contribution in [0.3, 0.4) is 0 Å². The number of rotatable bonds is 4. The van der Waals surface area contributed by atoms with Crippen molar-refractivity contribution in [2.75, 3.05) is 6.61 Å². The third-order valence-electron chi connectivity index (χ3n) is 2.86. The molecule has 1 unspecified atom stereocenters. The molecule has 0 spiro atoms. The first-order valence-electron chi connectivity index (χ1n) is 6.39. The van der Waals surface area contributed by atoms with E-state index < -0.39 is 0 Å². The van der Waals surface area contributed by atoms with E-state index in [1.165, 1.54) is 5.56 Å². The second-order valence-electron chi connectivity index (χ2n) is 4.69. The third kappa shape index (κ3) is 2.62. The van der Waals surface area contributed by atoms with Gasteiger partial charge in [0.2, 0.25) is 0 Å². The maximum atomic E-state index is 5.91. The lowest BCUT2D eigenvalue weighted by Gasteiger charge is -2.12. The molecule has 18 heavy (non-hydrogen) atoms. The summed E-state index contributed by atoms with van der Waals surface area (Å²) in [6.45, 7) is 6.66. The summed E-state index contributed by atoms with van der Waals surface area (Å²) in [4.78, 5) is 4.60. The third-order valence-corrected chi connectivity index (χ3v) is 2.86. The summed E-state index contributed by atoms with van der Waals surface area (Å²) < 4.78 is 5.64. The Labute approximate surface area is 108 Å². The smallest absolute Gasteiger partial charge is 0.145 e. The molecule has 1 aromatic carbocycles. The molecule has 2 rings (SSSR count). The van der Waals surface area contributed by atoms with Crippen LogP contribution in [0.4, 0.5) is 0 Å². The molecule has 0 aliphatic carbocycles. The van der Waals surface area contributed by atoms with Crippen molar-refractivity contribution < 1.29 is 4.74 Å². The van der Waals surface area contributed by atoms with Crippen LogP contribution in [0.2, 0.25) is 0 Å². The molecule has 0 fully saturated rings. The molecule has 3 nitrogen and oxygen atoms in total. The van der Waals surface area contributed by atoms with E-state index in [4.69, 9.17) is 10.5 Å². The normalized spacial score (nSPS) is 12.7. The molecule has 0 bridgehead atoms. The molecule has 3 heteroatoms. The monoisotopic (exact) mass is 244 g/mol. The predicted molar refractivity (Wildman–Crippen MR) is 75.0 cm³/mol. The minimum atomic E-state index is 0.144. The quantitative estimate of drug-likeness (QED) is 0.899. The van der Waals surface area contributed by atoms with Gasteiger partial charge in [0.15, 0.2) is 0 Å². The van der Waals surface area contributed by atoms with Gasteiger partial charge in [0, 0.05) is 17.1 Å². The van der Waals surface area contributed by atoms with E-state index >= 15 is 0 Å². The Morgan fingerprint density at radius 3 is 2.83 bits per heavy atom. The molecule has 0 amide bonds. The summed E-state index contributed by atoms with van der Waals surface area (Å²) in [7, 11) is 0. The highest BCUT2D eigenvalue weighted by Gasteiger charge is 2.09. The Balaban J connectivity index is 2.61. The number of ether oxygens (including phenoxy) is 1. The SMILES string of the molecule is CCOc1cccc2c(CC(C)N)cc(C)nc12. The molecular weight excluding hydrogens is 224 g/mol. The van der Waals surface area contributed by atoms with Crippen LogP contribution in [0.25, 0.3) is 10.9 Å². The Morgan fingerprint density at radius 2 is 2.17 bits per heavy atom. The highest BCUT2D eigenvalue weighted by molar-refractivity contribution is 5.87. The summed E-state index contributed by atoms with van der Waals surface area (Å²) in [6, 6.07) is 8.32. The molecule has 0 saturated carbocycles. The first-order valence-corrected chi connectivity index (χ1v) is 6.39. The molecule has 2 aromatic rings. The number of nitrogens with two attached hydrogens (primary N) is 1. The molecule has 1 atom stereocenters. The van der Waals surface area contributed by atoms with Crippen LogP contribution in [0.5, 0.6) is 5.75 Å². The Morgan fingerprint density at radius 1 is 1.39 bits per heavy atom. The zero-order valence-corrected chi connectivity index (χ0v) is 11.2. The van der Waals surface area contributed by atoms with Crippen LogP contribution in [0.15, 0.2) is 24.3 Å². The van der Waals surface area contributed by atoms with Crippen molar-refractivity contribution in [1.82, 2.24) is 4.98 Å². The van der Waals surface area contributed by atoms with Gasteiger partial charge < -0.3 is 10.5 Å². The van der Waals surface area contributed by atoms with Gasteiger partial charge in [0.25, 0.3) is 0 Å². The minimum Gasteiger partial charge on any atom is -0.492 e. The van der Waals surface area contributed by atoms with Crippen molar-refractivity contribution in [3.8, 4) is 5.75 Å². The van der Waals surface area contributed by atoms with Crippen LogP contribution < -0.4 is 10.5 Å². The van der Waals surface area contributed by atoms with E-state index in [1.54, 1.807) is 0 Å². The summed E-state index contributed by atoms with van der Waals surface area (Å²) in [5.74, 6) is 0.852. The number of benzene rings is 1. The zero-order chi connectivity index (χ0) is 13.1. The molecule has 0 aliphatic heterocycles. The minimum absolute atomic E-state index is 0.144. The van der Waals surface area contributed by atoms with Gasteiger partial charge in [-0.05, 0) is 44.9 Å². The second kappa shape index (κ2) is 5.36. The Hall–Kier alpha value is -1.61.